The van der Waals surface area contributed by atoms with E-state index in [1.165, 1.54) is 18.2 Å². The third kappa shape index (κ3) is 4.68. The maximum atomic E-state index is 12.0. The van der Waals surface area contributed by atoms with Gasteiger partial charge in [-0.25, -0.2) is 13.6 Å². The van der Waals surface area contributed by atoms with E-state index in [9.17, 15) is 13.2 Å². The van der Waals surface area contributed by atoms with Gasteiger partial charge in [-0.05, 0) is 48.4 Å². The molecule has 126 valence electrons. The van der Waals surface area contributed by atoms with Gasteiger partial charge in [0.15, 0.2) is 0 Å². The average Bonchev–Trinajstić information content (AvgIpc) is 2.54. The number of hydrogen-bond acceptors (Lipinski definition) is 4. The molecule has 0 aromatic heterocycles. The number of aryl methyl sites for hydroxylation is 1. The zero-order chi connectivity index (χ0) is 17.7. The van der Waals surface area contributed by atoms with Crippen LogP contribution in [-0.2, 0) is 14.8 Å². The Morgan fingerprint density at radius 2 is 1.83 bits per heavy atom. The van der Waals surface area contributed by atoms with Crippen molar-refractivity contribution < 1.29 is 17.9 Å². The summed E-state index contributed by atoms with van der Waals surface area (Å²) >= 11 is 0. The molecular weight excluding hydrogens is 328 g/mol. The summed E-state index contributed by atoms with van der Waals surface area (Å²) in [5, 5.41) is 7.75. The van der Waals surface area contributed by atoms with Crippen molar-refractivity contribution in [1.29, 1.82) is 0 Å². The highest BCUT2D eigenvalue weighted by Gasteiger charge is 2.10. The van der Waals surface area contributed by atoms with E-state index in [0.29, 0.717) is 5.69 Å². The largest absolute Gasteiger partial charge is 0.497 e. The fraction of sp³-hybridized carbons (Fsp3) is 0.118. The lowest BCUT2D eigenvalue weighted by Gasteiger charge is -2.08. The van der Waals surface area contributed by atoms with Crippen LogP contribution in [0.1, 0.15) is 11.1 Å². The van der Waals surface area contributed by atoms with Gasteiger partial charge in [0.2, 0.25) is 15.9 Å². The molecule has 0 heterocycles. The quantitative estimate of drug-likeness (QED) is 0.812. The predicted octanol–water partition coefficient (Wildman–Crippen LogP) is 2.30. The van der Waals surface area contributed by atoms with Gasteiger partial charge in [-0.2, -0.15) is 0 Å². The van der Waals surface area contributed by atoms with Gasteiger partial charge in [-0.3, -0.25) is 4.79 Å². The Hall–Kier alpha value is -2.64. The zero-order valence-electron chi connectivity index (χ0n) is 13.3. The lowest BCUT2D eigenvalue weighted by molar-refractivity contribution is -0.111. The molecule has 2 rings (SSSR count). The minimum Gasteiger partial charge on any atom is -0.497 e. The number of sulfonamides is 1. The second-order valence-corrected chi connectivity index (χ2v) is 6.68. The van der Waals surface area contributed by atoms with E-state index in [1.807, 2.05) is 12.1 Å². The zero-order valence-corrected chi connectivity index (χ0v) is 14.1. The molecule has 0 fully saturated rings. The van der Waals surface area contributed by atoms with Gasteiger partial charge in [0, 0.05) is 11.8 Å². The number of ether oxygens (including phenoxy) is 1. The van der Waals surface area contributed by atoms with E-state index in [-0.39, 0.29) is 10.8 Å². The highest BCUT2D eigenvalue weighted by molar-refractivity contribution is 7.89. The Labute approximate surface area is 141 Å². The molecule has 0 aliphatic rings. The molecule has 24 heavy (non-hydrogen) atoms. The molecule has 0 unspecified atom stereocenters. The molecule has 3 N–H and O–H groups in total. The number of nitrogens with one attached hydrogen (secondary N) is 1. The molecule has 1 amide bonds. The smallest absolute Gasteiger partial charge is 0.248 e. The van der Waals surface area contributed by atoms with E-state index in [4.69, 9.17) is 9.88 Å². The maximum absolute atomic E-state index is 12.0. The topological polar surface area (TPSA) is 98.5 Å². The van der Waals surface area contributed by atoms with Crippen LogP contribution in [0.3, 0.4) is 0 Å². The van der Waals surface area contributed by atoms with Crippen LogP contribution in [0.4, 0.5) is 5.69 Å². The van der Waals surface area contributed by atoms with E-state index >= 15 is 0 Å². The molecule has 0 spiro atoms. The van der Waals surface area contributed by atoms with Crippen LogP contribution in [0.15, 0.2) is 53.4 Å². The lowest BCUT2D eigenvalue weighted by atomic mass is 10.2. The minimum atomic E-state index is -3.82. The maximum Gasteiger partial charge on any atom is 0.248 e. The molecule has 0 aliphatic carbocycles. The first kappa shape index (κ1) is 17.7. The van der Waals surface area contributed by atoms with Crippen molar-refractivity contribution in [3.8, 4) is 5.75 Å². The minimum absolute atomic E-state index is 0.0532. The monoisotopic (exact) mass is 346 g/mol. The van der Waals surface area contributed by atoms with Gasteiger partial charge >= 0.3 is 0 Å². The number of nitrogens with two attached hydrogens (primary N) is 1. The molecule has 6 nitrogen and oxygen atoms in total. The normalized spacial score (nSPS) is 11.5. The number of rotatable bonds is 5. The summed E-state index contributed by atoms with van der Waals surface area (Å²) in [4.78, 5) is 12.0. The highest BCUT2D eigenvalue weighted by Crippen LogP contribution is 2.19. The van der Waals surface area contributed by atoms with Crippen LogP contribution >= 0.6 is 0 Å². The third-order valence-corrected chi connectivity index (χ3v) is 4.25. The number of carbonyl (C=O) groups excluding carboxylic acids is 1. The fourth-order valence-corrected chi connectivity index (χ4v) is 2.51. The standard InChI is InChI=1S/C17H18N2O4S/c1-12-3-9-15(24(18,21)22)11-16(12)19-17(20)10-6-13-4-7-14(23-2)8-5-13/h3-11H,1-2H3,(H,19,20)(H2,18,21,22). The first-order valence-electron chi connectivity index (χ1n) is 7.06. The van der Waals surface area contributed by atoms with E-state index < -0.39 is 10.0 Å². The number of anilines is 1. The molecule has 0 atom stereocenters. The predicted molar refractivity (Wildman–Crippen MR) is 93.2 cm³/mol. The molecule has 0 saturated carbocycles. The summed E-state index contributed by atoms with van der Waals surface area (Å²) in [6.07, 6.45) is 3.01. The first-order chi connectivity index (χ1) is 11.3. The van der Waals surface area contributed by atoms with E-state index in [0.717, 1.165) is 16.9 Å². The first-order valence-corrected chi connectivity index (χ1v) is 8.61. The highest BCUT2D eigenvalue weighted by atomic mass is 32.2. The molecule has 0 saturated heterocycles. The summed E-state index contributed by atoms with van der Waals surface area (Å²) in [6, 6.07) is 11.5. The number of benzene rings is 2. The molecule has 7 heteroatoms. The number of carbonyl (C=O) groups is 1. The molecular formula is C17H18N2O4S. The van der Waals surface area contributed by atoms with Crippen molar-refractivity contribution in [3.63, 3.8) is 0 Å². The van der Waals surface area contributed by atoms with Crippen LogP contribution in [0.5, 0.6) is 5.75 Å². The lowest BCUT2D eigenvalue weighted by Crippen LogP contribution is -2.14. The molecule has 2 aromatic carbocycles. The second-order valence-electron chi connectivity index (χ2n) is 5.12. The number of methoxy groups -OCH3 is 1. The van der Waals surface area contributed by atoms with Crippen LogP contribution < -0.4 is 15.2 Å². The second kappa shape index (κ2) is 7.29. The fourth-order valence-electron chi connectivity index (χ4n) is 1.97. The van der Waals surface area contributed by atoms with Gasteiger partial charge in [0.05, 0.1) is 12.0 Å². The van der Waals surface area contributed by atoms with Crippen molar-refractivity contribution in [1.82, 2.24) is 0 Å². The van der Waals surface area contributed by atoms with Crippen molar-refractivity contribution in [2.24, 2.45) is 5.14 Å². The Balaban J connectivity index is 2.13. The summed E-state index contributed by atoms with van der Waals surface area (Å²) in [6.45, 7) is 1.76. The molecule has 2 aromatic rings. The number of amides is 1. The Bertz CT molecular complexity index is 872. The summed E-state index contributed by atoms with van der Waals surface area (Å²) in [5.41, 5.74) is 1.96. The van der Waals surface area contributed by atoms with Crippen molar-refractivity contribution in [2.45, 2.75) is 11.8 Å². The third-order valence-electron chi connectivity index (χ3n) is 3.34. The van der Waals surface area contributed by atoms with Gasteiger partial charge < -0.3 is 10.1 Å². The van der Waals surface area contributed by atoms with E-state index in [2.05, 4.69) is 5.32 Å². The van der Waals surface area contributed by atoms with Crippen LogP contribution in [0.25, 0.3) is 6.08 Å². The summed E-state index contributed by atoms with van der Waals surface area (Å²) in [5.74, 6) is 0.354. The number of primary sulfonamides is 1. The van der Waals surface area contributed by atoms with Gasteiger partial charge in [-0.15, -0.1) is 0 Å². The summed E-state index contributed by atoms with van der Waals surface area (Å²) < 4.78 is 27.8. The van der Waals surface area contributed by atoms with Gasteiger partial charge in [-0.1, -0.05) is 18.2 Å². The Morgan fingerprint density at radius 1 is 1.17 bits per heavy atom. The molecule has 0 bridgehead atoms. The van der Waals surface area contributed by atoms with Crippen molar-refractivity contribution in [2.75, 3.05) is 12.4 Å². The van der Waals surface area contributed by atoms with Crippen LogP contribution in [0.2, 0.25) is 0 Å². The van der Waals surface area contributed by atoms with Crippen molar-refractivity contribution in [3.05, 3.63) is 59.7 Å². The Kier molecular flexibility index (Phi) is 5.38. The Morgan fingerprint density at radius 3 is 2.42 bits per heavy atom. The SMILES string of the molecule is COc1ccc(C=CC(=O)Nc2cc(S(N)(=O)=O)ccc2C)cc1. The van der Waals surface area contributed by atoms with Gasteiger partial charge in [0.1, 0.15) is 5.75 Å². The van der Waals surface area contributed by atoms with Crippen molar-refractivity contribution >= 4 is 27.7 Å². The molecule has 0 aliphatic heterocycles. The summed E-state index contributed by atoms with van der Waals surface area (Å²) in [7, 11) is -2.24. The number of hydrogen-bond donors (Lipinski definition) is 2. The van der Waals surface area contributed by atoms with Crippen LogP contribution in [-0.4, -0.2) is 21.4 Å². The van der Waals surface area contributed by atoms with Gasteiger partial charge in [0.25, 0.3) is 0 Å². The average molecular weight is 346 g/mol. The molecule has 0 radical (unpaired) electrons. The van der Waals surface area contributed by atoms with Crippen LogP contribution in [0, 0.1) is 6.92 Å². The van der Waals surface area contributed by atoms with E-state index in [1.54, 1.807) is 38.3 Å².